The maximum absolute atomic E-state index is 11.2. The van der Waals surface area contributed by atoms with Gasteiger partial charge in [-0.25, -0.2) is 9.78 Å². The van der Waals surface area contributed by atoms with E-state index in [1.165, 1.54) is 17.3 Å². The zero-order valence-electron chi connectivity index (χ0n) is 11.4. The van der Waals surface area contributed by atoms with Crippen LogP contribution in [0, 0.1) is 6.92 Å². The van der Waals surface area contributed by atoms with Crippen molar-refractivity contribution in [3.05, 3.63) is 65.9 Å². The van der Waals surface area contributed by atoms with E-state index in [9.17, 15) is 9.90 Å². The lowest BCUT2D eigenvalue weighted by molar-refractivity contribution is 0.0690. The molecule has 0 aliphatic carbocycles. The first-order chi connectivity index (χ1) is 10.1. The zero-order valence-corrected chi connectivity index (χ0v) is 12.2. The summed E-state index contributed by atoms with van der Waals surface area (Å²) in [5, 5.41) is 11.8. The molecule has 3 aromatic rings. The molecule has 2 aromatic carbocycles. The van der Waals surface area contributed by atoms with Crippen molar-refractivity contribution in [1.82, 2.24) is 4.98 Å². The van der Waals surface area contributed by atoms with Crippen LogP contribution in [0.5, 0.6) is 0 Å². The fourth-order valence-electron chi connectivity index (χ4n) is 2.14. The van der Waals surface area contributed by atoms with Gasteiger partial charge >= 0.3 is 5.97 Å². The van der Waals surface area contributed by atoms with Crippen LogP contribution in [0.25, 0.3) is 10.8 Å². The SMILES string of the molecule is Cc1cccc(Sc2nc(C(=O)O)cc3ccccc23)c1. The highest BCUT2D eigenvalue weighted by Crippen LogP contribution is 2.32. The zero-order chi connectivity index (χ0) is 14.8. The summed E-state index contributed by atoms with van der Waals surface area (Å²) < 4.78 is 0. The molecule has 104 valence electrons. The van der Waals surface area contributed by atoms with Crippen molar-refractivity contribution in [2.45, 2.75) is 16.8 Å². The van der Waals surface area contributed by atoms with E-state index in [-0.39, 0.29) is 5.69 Å². The van der Waals surface area contributed by atoms with Gasteiger partial charge in [-0.05, 0) is 30.5 Å². The molecule has 0 spiro atoms. The summed E-state index contributed by atoms with van der Waals surface area (Å²) in [5.74, 6) is -1.01. The highest BCUT2D eigenvalue weighted by atomic mass is 32.2. The summed E-state index contributed by atoms with van der Waals surface area (Å²) in [5.41, 5.74) is 1.24. The Hall–Kier alpha value is -2.33. The summed E-state index contributed by atoms with van der Waals surface area (Å²) >= 11 is 1.49. The highest BCUT2D eigenvalue weighted by molar-refractivity contribution is 7.99. The molecule has 3 rings (SSSR count). The minimum atomic E-state index is -1.01. The molecule has 0 saturated carbocycles. The Morgan fingerprint density at radius 3 is 2.67 bits per heavy atom. The monoisotopic (exact) mass is 295 g/mol. The number of carboxylic acid groups (broad SMARTS) is 1. The van der Waals surface area contributed by atoms with Gasteiger partial charge in [0.15, 0.2) is 0 Å². The van der Waals surface area contributed by atoms with Crippen LogP contribution in [-0.2, 0) is 0 Å². The number of aromatic carboxylic acids is 1. The third-order valence-electron chi connectivity index (χ3n) is 3.13. The van der Waals surface area contributed by atoms with Gasteiger partial charge in [0, 0.05) is 10.3 Å². The van der Waals surface area contributed by atoms with Crippen molar-refractivity contribution in [3.63, 3.8) is 0 Å². The summed E-state index contributed by atoms with van der Waals surface area (Å²) in [6.07, 6.45) is 0. The molecule has 1 N–H and O–H groups in total. The van der Waals surface area contributed by atoms with E-state index in [2.05, 4.69) is 11.1 Å². The van der Waals surface area contributed by atoms with Crippen molar-refractivity contribution >= 4 is 28.5 Å². The Kier molecular flexibility index (Phi) is 3.62. The van der Waals surface area contributed by atoms with Crippen molar-refractivity contribution in [3.8, 4) is 0 Å². The highest BCUT2D eigenvalue weighted by Gasteiger charge is 2.11. The molecule has 1 aromatic heterocycles. The molecule has 0 unspecified atom stereocenters. The van der Waals surface area contributed by atoms with E-state index in [4.69, 9.17) is 0 Å². The first-order valence-electron chi connectivity index (χ1n) is 6.51. The van der Waals surface area contributed by atoms with Gasteiger partial charge in [0.1, 0.15) is 10.7 Å². The maximum atomic E-state index is 11.2. The van der Waals surface area contributed by atoms with Crippen LogP contribution in [-0.4, -0.2) is 16.1 Å². The van der Waals surface area contributed by atoms with Gasteiger partial charge in [0.05, 0.1) is 0 Å². The normalized spacial score (nSPS) is 10.7. The largest absolute Gasteiger partial charge is 0.477 e. The van der Waals surface area contributed by atoms with E-state index < -0.39 is 5.97 Å². The number of hydrogen-bond donors (Lipinski definition) is 1. The molecule has 0 amide bonds. The quantitative estimate of drug-likeness (QED) is 0.778. The number of carbonyl (C=O) groups is 1. The molecule has 4 heteroatoms. The molecule has 3 nitrogen and oxygen atoms in total. The van der Waals surface area contributed by atoms with Gasteiger partial charge in [0.2, 0.25) is 0 Å². The first-order valence-corrected chi connectivity index (χ1v) is 7.33. The molecule has 0 radical (unpaired) electrons. The number of carboxylic acids is 1. The molecular formula is C17H13NO2S. The molecule has 21 heavy (non-hydrogen) atoms. The Morgan fingerprint density at radius 2 is 1.90 bits per heavy atom. The van der Waals surface area contributed by atoms with Gasteiger partial charge in [-0.1, -0.05) is 53.7 Å². The Morgan fingerprint density at radius 1 is 1.10 bits per heavy atom. The van der Waals surface area contributed by atoms with Crippen LogP contribution in [0.3, 0.4) is 0 Å². The van der Waals surface area contributed by atoms with E-state index in [1.54, 1.807) is 6.07 Å². The van der Waals surface area contributed by atoms with E-state index in [1.807, 2.05) is 49.4 Å². The topological polar surface area (TPSA) is 50.2 Å². The number of nitrogens with zero attached hydrogens (tertiary/aromatic N) is 1. The standard InChI is InChI=1S/C17H13NO2S/c1-11-5-4-7-13(9-11)21-16-14-8-3-2-6-12(14)10-15(18-16)17(19)20/h2-10H,1H3,(H,19,20). The molecule has 1 heterocycles. The number of rotatable bonds is 3. The second-order valence-corrected chi connectivity index (χ2v) is 5.82. The predicted octanol–water partition coefficient (Wildman–Crippen LogP) is 4.39. The first kappa shape index (κ1) is 13.6. The van der Waals surface area contributed by atoms with E-state index in [0.29, 0.717) is 0 Å². The predicted molar refractivity (Wildman–Crippen MR) is 84.0 cm³/mol. The summed E-state index contributed by atoms with van der Waals surface area (Å²) in [4.78, 5) is 16.6. The fraction of sp³-hybridized carbons (Fsp3) is 0.0588. The lowest BCUT2D eigenvalue weighted by atomic mass is 10.1. The number of aromatic nitrogens is 1. The second-order valence-electron chi connectivity index (χ2n) is 4.76. The molecule has 0 aliphatic heterocycles. The fourth-order valence-corrected chi connectivity index (χ4v) is 3.20. The number of aryl methyl sites for hydroxylation is 1. The average molecular weight is 295 g/mol. The van der Waals surface area contributed by atoms with Gasteiger partial charge in [-0.2, -0.15) is 0 Å². The van der Waals surface area contributed by atoms with Crippen LogP contribution < -0.4 is 0 Å². The minimum Gasteiger partial charge on any atom is -0.477 e. The molecule has 0 atom stereocenters. The molecule has 0 saturated heterocycles. The smallest absolute Gasteiger partial charge is 0.354 e. The average Bonchev–Trinajstić information content (AvgIpc) is 2.47. The third kappa shape index (κ3) is 2.90. The van der Waals surface area contributed by atoms with Crippen molar-refractivity contribution in [2.75, 3.05) is 0 Å². The lowest BCUT2D eigenvalue weighted by Crippen LogP contribution is -2.01. The summed E-state index contributed by atoms with van der Waals surface area (Å²) in [7, 11) is 0. The van der Waals surface area contributed by atoms with Crippen LogP contribution >= 0.6 is 11.8 Å². The Balaban J connectivity index is 2.13. The summed E-state index contributed by atoms with van der Waals surface area (Å²) in [6, 6.07) is 17.4. The molecule has 0 aliphatic rings. The number of pyridine rings is 1. The van der Waals surface area contributed by atoms with Gasteiger partial charge in [0.25, 0.3) is 0 Å². The van der Waals surface area contributed by atoms with E-state index in [0.717, 1.165) is 20.7 Å². The molecular weight excluding hydrogens is 282 g/mol. The second kappa shape index (κ2) is 5.58. The van der Waals surface area contributed by atoms with Gasteiger partial charge in [-0.3, -0.25) is 0 Å². The van der Waals surface area contributed by atoms with Gasteiger partial charge < -0.3 is 5.11 Å². The Labute approximate surface area is 126 Å². The lowest BCUT2D eigenvalue weighted by Gasteiger charge is -2.07. The maximum Gasteiger partial charge on any atom is 0.354 e. The van der Waals surface area contributed by atoms with Crippen LogP contribution in [0.4, 0.5) is 0 Å². The molecule has 0 fully saturated rings. The van der Waals surface area contributed by atoms with Crippen molar-refractivity contribution in [1.29, 1.82) is 0 Å². The third-order valence-corrected chi connectivity index (χ3v) is 4.12. The van der Waals surface area contributed by atoms with Crippen LogP contribution in [0.15, 0.2) is 64.5 Å². The number of fused-ring (bicyclic) bond motifs is 1. The minimum absolute atomic E-state index is 0.0730. The van der Waals surface area contributed by atoms with Crippen molar-refractivity contribution < 1.29 is 9.90 Å². The number of benzene rings is 2. The van der Waals surface area contributed by atoms with Crippen molar-refractivity contribution in [2.24, 2.45) is 0 Å². The van der Waals surface area contributed by atoms with Gasteiger partial charge in [-0.15, -0.1) is 0 Å². The molecule has 0 bridgehead atoms. The Bertz CT molecular complexity index is 830. The summed E-state index contributed by atoms with van der Waals surface area (Å²) in [6.45, 7) is 2.03. The number of hydrogen-bond acceptors (Lipinski definition) is 3. The van der Waals surface area contributed by atoms with E-state index >= 15 is 0 Å². The van der Waals surface area contributed by atoms with Crippen LogP contribution in [0.1, 0.15) is 16.1 Å². The van der Waals surface area contributed by atoms with Crippen LogP contribution in [0.2, 0.25) is 0 Å².